The molecule has 0 aliphatic rings. The van der Waals surface area contributed by atoms with Crippen molar-refractivity contribution in [2.24, 2.45) is 5.73 Å². The van der Waals surface area contributed by atoms with Crippen molar-refractivity contribution in [3.8, 4) is 0 Å². The number of aromatic nitrogens is 3. The molecule has 0 spiro atoms. The van der Waals surface area contributed by atoms with E-state index in [1.807, 2.05) is 18.5 Å². The fraction of sp³-hybridized carbons (Fsp3) is 0.778. The Labute approximate surface area is 84.2 Å². The Bertz CT molecular complexity index is 272. The van der Waals surface area contributed by atoms with Crippen LogP contribution in [0.1, 0.15) is 24.7 Å². The first kappa shape index (κ1) is 11.1. The van der Waals surface area contributed by atoms with E-state index >= 15 is 0 Å². The number of nitrogens with zero attached hydrogens (tertiary/aromatic N) is 3. The summed E-state index contributed by atoms with van der Waals surface area (Å²) in [7, 11) is 0. The monoisotopic (exact) mass is 198 g/mol. The highest BCUT2D eigenvalue weighted by Crippen LogP contribution is 2.02. The molecule has 0 fully saturated rings. The van der Waals surface area contributed by atoms with Gasteiger partial charge in [0, 0.05) is 26.3 Å². The molecule has 0 atom stereocenters. The molecule has 80 valence electrons. The SMILES string of the molecule is CCOCCCn1nnc(CN)c1C. The zero-order valence-corrected chi connectivity index (χ0v) is 8.86. The summed E-state index contributed by atoms with van der Waals surface area (Å²) >= 11 is 0. The number of aryl methyl sites for hydroxylation is 1. The lowest BCUT2D eigenvalue weighted by atomic mass is 10.3. The van der Waals surface area contributed by atoms with Crippen molar-refractivity contribution >= 4 is 0 Å². The smallest absolute Gasteiger partial charge is 0.0991 e. The summed E-state index contributed by atoms with van der Waals surface area (Å²) < 4.78 is 7.12. The third-order valence-electron chi connectivity index (χ3n) is 2.13. The van der Waals surface area contributed by atoms with E-state index in [1.165, 1.54) is 0 Å². The van der Waals surface area contributed by atoms with Crippen LogP contribution in [0.4, 0.5) is 0 Å². The van der Waals surface area contributed by atoms with E-state index in [1.54, 1.807) is 0 Å². The van der Waals surface area contributed by atoms with Crippen molar-refractivity contribution in [3.63, 3.8) is 0 Å². The highest BCUT2D eigenvalue weighted by Gasteiger charge is 2.05. The second kappa shape index (κ2) is 5.72. The van der Waals surface area contributed by atoms with E-state index in [0.29, 0.717) is 6.54 Å². The van der Waals surface area contributed by atoms with E-state index in [-0.39, 0.29) is 0 Å². The van der Waals surface area contributed by atoms with Crippen LogP contribution in [-0.4, -0.2) is 28.2 Å². The molecule has 1 rings (SSSR count). The van der Waals surface area contributed by atoms with Crippen molar-refractivity contribution < 1.29 is 4.74 Å². The fourth-order valence-corrected chi connectivity index (χ4v) is 1.26. The molecular formula is C9H18N4O. The van der Waals surface area contributed by atoms with E-state index in [9.17, 15) is 0 Å². The van der Waals surface area contributed by atoms with Crippen molar-refractivity contribution in [1.82, 2.24) is 15.0 Å². The molecule has 0 aliphatic carbocycles. The molecule has 0 amide bonds. The van der Waals surface area contributed by atoms with Crippen molar-refractivity contribution in [3.05, 3.63) is 11.4 Å². The quantitative estimate of drug-likeness (QED) is 0.675. The molecule has 1 aromatic rings. The predicted molar refractivity (Wildman–Crippen MR) is 53.8 cm³/mol. The minimum absolute atomic E-state index is 0.456. The van der Waals surface area contributed by atoms with Crippen LogP contribution < -0.4 is 5.73 Å². The molecule has 0 radical (unpaired) electrons. The molecule has 5 nitrogen and oxygen atoms in total. The topological polar surface area (TPSA) is 66.0 Å². The zero-order chi connectivity index (χ0) is 10.4. The summed E-state index contributed by atoms with van der Waals surface area (Å²) in [6.07, 6.45) is 0.960. The van der Waals surface area contributed by atoms with Gasteiger partial charge in [0.25, 0.3) is 0 Å². The summed E-state index contributed by atoms with van der Waals surface area (Å²) in [6, 6.07) is 0. The van der Waals surface area contributed by atoms with Gasteiger partial charge in [-0.2, -0.15) is 0 Å². The lowest BCUT2D eigenvalue weighted by Gasteiger charge is -2.03. The third-order valence-corrected chi connectivity index (χ3v) is 2.13. The van der Waals surface area contributed by atoms with Crippen LogP contribution in [0.2, 0.25) is 0 Å². The third kappa shape index (κ3) is 2.78. The highest BCUT2D eigenvalue weighted by atomic mass is 16.5. The van der Waals surface area contributed by atoms with Gasteiger partial charge in [-0.3, -0.25) is 0 Å². The van der Waals surface area contributed by atoms with Crippen LogP contribution in [0.25, 0.3) is 0 Å². The molecule has 0 saturated carbocycles. The maximum absolute atomic E-state index is 5.50. The predicted octanol–water partition coefficient (Wildman–Crippen LogP) is 0.472. The Morgan fingerprint density at radius 3 is 2.86 bits per heavy atom. The second-order valence-electron chi connectivity index (χ2n) is 3.10. The molecular weight excluding hydrogens is 180 g/mol. The van der Waals surface area contributed by atoms with Gasteiger partial charge in [-0.25, -0.2) is 4.68 Å². The van der Waals surface area contributed by atoms with Crippen LogP contribution in [0.15, 0.2) is 0 Å². The molecule has 0 unspecified atom stereocenters. The number of hydrogen-bond acceptors (Lipinski definition) is 4. The lowest BCUT2D eigenvalue weighted by Crippen LogP contribution is -2.07. The van der Waals surface area contributed by atoms with E-state index in [4.69, 9.17) is 10.5 Å². The fourth-order valence-electron chi connectivity index (χ4n) is 1.26. The molecule has 2 N–H and O–H groups in total. The summed E-state index contributed by atoms with van der Waals surface area (Å²) in [5.41, 5.74) is 7.44. The standard InChI is InChI=1S/C9H18N4O/c1-3-14-6-4-5-13-8(2)9(7-10)11-12-13/h3-7,10H2,1-2H3. The van der Waals surface area contributed by atoms with Crippen LogP contribution >= 0.6 is 0 Å². The Morgan fingerprint density at radius 1 is 1.50 bits per heavy atom. The van der Waals surface area contributed by atoms with Crippen molar-refractivity contribution in [1.29, 1.82) is 0 Å². The van der Waals surface area contributed by atoms with Gasteiger partial charge < -0.3 is 10.5 Å². The Kier molecular flexibility index (Phi) is 4.55. The van der Waals surface area contributed by atoms with E-state index in [2.05, 4.69) is 10.3 Å². The van der Waals surface area contributed by atoms with Crippen LogP contribution in [0, 0.1) is 6.92 Å². The average Bonchev–Trinajstić information content (AvgIpc) is 2.55. The summed E-state index contributed by atoms with van der Waals surface area (Å²) in [5, 5.41) is 8.00. The molecule has 1 heterocycles. The van der Waals surface area contributed by atoms with Crippen LogP contribution in [-0.2, 0) is 17.8 Å². The van der Waals surface area contributed by atoms with Gasteiger partial charge in [-0.05, 0) is 20.3 Å². The number of hydrogen-bond donors (Lipinski definition) is 1. The first-order valence-corrected chi connectivity index (χ1v) is 4.96. The molecule has 0 aromatic carbocycles. The maximum Gasteiger partial charge on any atom is 0.0991 e. The molecule has 0 bridgehead atoms. The van der Waals surface area contributed by atoms with Gasteiger partial charge in [-0.15, -0.1) is 5.10 Å². The minimum atomic E-state index is 0.456. The molecule has 5 heteroatoms. The molecule has 0 saturated heterocycles. The molecule has 1 aromatic heterocycles. The second-order valence-corrected chi connectivity index (χ2v) is 3.10. The minimum Gasteiger partial charge on any atom is -0.382 e. The van der Waals surface area contributed by atoms with E-state index in [0.717, 1.165) is 37.6 Å². The Balaban J connectivity index is 2.39. The van der Waals surface area contributed by atoms with Gasteiger partial charge in [0.1, 0.15) is 0 Å². The molecule has 14 heavy (non-hydrogen) atoms. The van der Waals surface area contributed by atoms with Gasteiger partial charge >= 0.3 is 0 Å². The number of ether oxygens (including phenoxy) is 1. The lowest BCUT2D eigenvalue weighted by molar-refractivity contribution is 0.140. The zero-order valence-electron chi connectivity index (χ0n) is 8.86. The summed E-state index contributed by atoms with van der Waals surface area (Å²) in [6.45, 7) is 6.82. The van der Waals surface area contributed by atoms with Gasteiger partial charge in [0.15, 0.2) is 0 Å². The average molecular weight is 198 g/mol. The van der Waals surface area contributed by atoms with E-state index < -0.39 is 0 Å². The summed E-state index contributed by atoms with van der Waals surface area (Å²) in [5.74, 6) is 0. The largest absolute Gasteiger partial charge is 0.382 e. The highest BCUT2D eigenvalue weighted by molar-refractivity contribution is 5.06. The molecule has 0 aliphatic heterocycles. The van der Waals surface area contributed by atoms with Crippen molar-refractivity contribution in [2.75, 3.05) is 13.2 Å². The Hall–Kier alpha value is -0.940. The number of rotatable bonds is 6. The first-order valence-electron chi connectivity index (χ1n) is 4.96. The normalized spacial score (nSPS) is 10.8. The van der Waals surface area contributed by atoms with Gasteiger partial charge in [0.2, 0.25) is 0 Å². The number of nitrogens with two attached hydrogens (primary N) is 1. The van der Waals surface area contributed by atoms with Crippen LogP contribution in [0.5, 0.6) is 0 Å². The van der Waals surface area contributed by atoms with Crippen LogP contribution in [0.3, 0.4) is 0 Å². The summed E-state index contributed by atoms with van der Waals surface area (Å²) in [4.78, 5) is 0. The van der Waals surface area contributed by atoms with Gasteiger partial charge in [0.05, 0.1) is 11.4 Å². The Morgan fingerprint density at radius 2 is 2.29 bits per heavy atom. The van der Waals surface area contributed by atoms with Crippen molar-refractivity contribution in [2.45, 2.75) is 33.4 Å². The maximum atomic E-state index is 5.50. The van der Waals surface area contributed by atoms with Gasteiger partial charge in [-0.1, -0.05) is 5.21 Å². The first-order chi connectivity index (χ1) is 6.79.